The van der Waals surface area contributed by atoms with E-state index in [0.29, 0.717) is 25.9 Å². The van der Waals surface area contributed by atoms with Crippen molar-refractivity contribution in [2.75, 3.05) is 19.6 Å². The number of carbonyl (C=O) groups excluding carboxylic acids is 2. The molecule has 114 valence electrons. The van der Waals surface area contributed by atoms with E-state index in [1.54, 1.807) is 12.1 Å². The Morgan fingerprint density at radius 3 is 2.86 bits per heavy atom. The fourth-order valence-corrected chi connectivity index (χ4v) is 2.49. The van der Waals surface area contributed by atoms with Gasteiger partial charge in [0.1, 0.15) is 5.82 Å². The number of nitrogens with zero attached hydrogens (tertiary/aromatic N) is 1. The molecule has 0 spiro atoms. The third kappa shape index (κ3) is 4.55. The monoisotopic (exact) mass is 292 g/mol. The molecule has 1 N–H and O–H groups in total. The fraction of sp³-hybridized carbons (Fsp3) is 0.500. The minimum absolute atomic E-state index is 0.0587. The predicted molar refractivity (Wildman–Crippen MR) is 78.4 cm³/mol. The van der Waals surface area contributed by atoms with Crippen LogP contribution in [0.5, 0.6) is 0 Å². The summed E-state index contributed by atoms with van der Waals surface area (Å²) in [6.45, 7) is 1.90. The lowest BCUT2D eigenvalue weighted by Gasteiger charge is -2.20. The van der Waals surface area contributed by atoms with Crippen molar-refractivity contribution in [2.24, 2.45) is 0 Å². The first-order chi connectivity index (χ1) is 10.2. The van der Waals surface area contributed by atoms with Crippen molar-refractivity contribution in [3.63, 3.8) is 0 Å². The highest BCUT2D eigenvalue weighted by atomic mass is 19.1. The van der Waals surface area contributed by atoms with E-state index >= 15 is 0 Å². The van der Waals surface area contributed by atoms with Crippen molar-refractivity contribution in [3.05, 3.63) is 35.6 Å². The zero-order valence-electron chi connectivity index (χ0n) is 12.1. The van der Waals surface area contributed by atoms with Gasteiger partial charge in [-0.1, -0.05) is 18.6 Å². The standard InChI is InChI=1S/C16H21FN2O2/c17-14-8-4-3-7-13(14)16(21)18-10-6-12-19-11-5-1-2-9-15(19)20/h3-4,7-8H,1-2,5-6,9-12H2,(H,18,21). The minimum atomic E-state index is -0.516. The van der Waals surface area contributed by atoms with Crippen LogP contribution in [-0.4, -0.2) is 36.3 Å². The van der Waals surface area contributed by atoms with Crippen LogP contribution in [-0.2, 0) is 4.79 Å². The van der Waals surface area contributed by atoms with Crippen molar-refractivity contribution in [2.45, 2.75) is 32.1 Å². The molecular weight excluding hydrogens is 271 g/mol. The van der Waals surface area contributed by atoms with Gasteiger partial charge in [-0.3, -0.25) is 9.59 Å². The highest BCUT2D eigenvalue weighted by molar-refractivity contribution is 5.94. The Morgan fingerprint density at radius 2 is 2.05 bits per heavy atom. The summed E-state index contributed by atoms with van der Waals surface area (Å²) in [5, 5.41) is 2.69. The number of rotatable bonds is 5. The second-order valence-electron chi connectivity index (χ2n) is 5.28. The molecular formula is C16H21FN2O2. The summed E-state index contributed by atoms with van der Waals surface area (Å²) in [5.74, 6) is -0.721. The molecule has 0 atom stereocenters. The summed E-state index contributed by atoms with van der Waals surface area (Å²) in [7, 11) is 0. The number of carbonyl (C=O) groups is 2. The Hall–Kier alpha value is -1.91. The van der Waals surface area contributed by atoms with Crippen LogP contribution in [0.3, 0.4) is 0 Å². The normalized spacial score (nSPS) is 15.7. The van der Waals surface area contributed by atoms with Crippen molar-refractivity contribution >= 4 is 11.8 Å². The Kier molecular flexibility index (Phi) is 5.72. The summed E-state index contributed by atoms with van der Waals surface area (Å²) in [4.78, 5) is 25.5. The molecule has 1 aliphatic heterocycles. The SMILES string of the molecule is O=C(NCCCN1CCCCCC1=O)c1ccccc1F. The fourth-order valence-electron chi connectivity index (χ4n) is 2.49. The number of amides is 2. The summed E-state index contributed by atoms with van der Waals surface area (Å²) in [6, 6.07) is 5.92. The first-order valence-corrected chi connectivity index (χ1v) is 7.49. The highest BCUT2D eigenvalue weighted by Crippen LogP contribution is 2.11. The van der Waals surface area contributed by atoms with Crippen LogP contribution in [0.4, 0.5) is 4.39 Å². The second-order valence-corrected chi connectivity index (χ2v) is 5.28. The molecule has 21 heavy (non-hydrogen) atoms. The molecule has 0 unspecified atom stereocenters. The van der Waals surface area contributed by atoms with E-state index in [-0.39, 0.29) is 11.5 Å². The van der Waals surface area contributed by atoms with Gasteiger partial charge < -0.3 is 10.2 Å². The lowest BCUT2D eigenvalue weighted by atomic mass is 10.2. The van der Waals surface area contributed by atoms with Crippen LogP contribution in [0.25, 0.3) is 0 Å². The third-order valence-electron chi connectivity index (χ3n) is 3.68. The molecule has 0 aliphatic carbocycles. The molecule has 1 aliphatic rings. The van der Waals surface area contributed by atoms with E-state index in [2.05, 4.69) is 5.32 Å². The number of halogens is 1. The van der Waals surface area contributed by atoms with Gasteiger partial charge in [0, 0.05) is 26.1 Å². The Morgan fingerprint density at radius 1 is 1.24 bits per heavy atom. The molecule has 4 nitrogen and oxygen atoms in total. The molecule has 1 heterocycles. The van der Waals surface area contributed by atoms with Crippen LogP contribution < -0.4 is 5.32 Å². The van der Waals surface area contributed by atoms with Crippen LogP contribution in [0.2, 0.25) is 0 Å². The number of benzene rings is 1. The van der Waals surface area contributed by atoms with E-state index in [9.17, 15) is 14.0 Å². The molecule has 0 saturated carbocycles. The van der Waals surface area contributed by atoms with Gasteiger partial charge in [-0.25, -0.2) is 4.39 Å². The lowest BCUT2D eigenvalue weighted by Crippen LogP contribution is -2.34. The Bertz CT molecular complexity index is 505. The summed E-state index contributed by atoms with van der Waals surface area (Å²) in [6.07, 6.45) is 4.44. The number of hydrogen-bond donors (Lipinski definition) is 1. The average molecular weight is 292 g/mol. The van der Waals surface area contributed by atoms with Gasteiger partial charge in [0.25, 0.3) is 5.91 Å². The zero-order chi connectivity index (χ0) is 15.1. The van der Waals surface area contributed by atoms with Gasteiger partial charge >= 0.3 is 0 Å². The quantitative estimate of drug-likeness (QED) is 0.847. The first-order valence-electron chi connectivity index (χ1n) is 7.49. The van der Waals surface area contributed by atoms with Crippen molar-refractivity contribution in [1.29, 1.82) is 0 Å². The molecule has 0 bridgehead atoms. The van der Waals surface area contributed by atoms with E-state index in [0.717, 1.165) is 25.8 Å². The van der Waals surface area contributed by atoms with Crippen LogP contribution in [0.1, 0.15) is 42.5 Å². The molecule has 1 saturated heterocycles. The maximum atomic E-state index is 13.4. The van der Waals surface area contributed by atoms with Crippen molar-refractivity contribution in [3.8, 4) is 0 Å². The maximum Gasteiger partial charge on any atom is 0.254 e. The molecule has 1 aromatic carbocycles. The molecule has 0 radical (unpaired) electrons. The topological polar surface area (TPSA) is 49.4 Å². The largest absolute Gasteiger partial charge is 0.352 e. The number of hydrogen-bond acceptors (Lipinski definition) is 2. The van der Waals surface area contributed by atoms with E-state index in [4.69, 9.17) is 0 Å². The number of likely N-dealkylation sites (tertiary alicyclic amines) is 1. The van der Waals surface area contributed by atoms with Crippen molar-refractivity contribution < 1.29 is 14.0 Å². The molecule has 1 fully saturated rings. The van der Waals surface area contributed by atoms with E-state index in [1.807, 2.05) is 4.90 Å². The summed E-state index contributed by atoms with van der Waals surface area (Å²) < 4.78 is 13.4. The van der Waals surface area contributed by atoms with Crippen LogP contribution in [0, 0.1) is 5.82 Å². The first kappa shape index (κ1) is 15.5. The Balaban J connectivity index is 1.73. The summed E-state index contributed by atoms with van der Waals surface area (Å²) >= 11 is 0. The second kappa shape index (κ2) is 7.76. The molecule has 1 aromatic rings. The third-order valence-corrected chi connectivity index (χ3v) is 3.68. The summed E-state index contributed by atoms with van der Waals surface area (Å²) in [5.41, 5.74) is 0.0587. The van der Waals surface area contributed by atoms with Gasteiger partial charge in [0.15, 0.2) is 0 Å². The smallest absolute Gasteiger partial charge is 0.254 e. The highest BCUT2D eigenvalue weighted by Gasteiger charge is 2.16. The van der Waals surface area contributed by atoms with Crippen LogP contribution >= 0.6 is 0 Å². The van der Waals surface area contributed by atoms with Gasteiger partial charge in [-0.2, -0.15) is 0 Å². The molecule has 0 aromatic heterocycles. The van der Waals surface area contributed by atoms with Gasteiger partial charge in [-0.15, -0.1) is 0 Å². The lowest BCUT2D eigenvalue weighted by molar-refractivity contribution is -0.130. The van der Waals surface area contributed by atoms with E-state index in [1.165, 1.54) is 12.1 Å². The van der Waals surface area contributed by atoms with Crippen molar-refractivity contribution in [1.82, 2.24) is 10.2 Å². The molecule has 2 rings (SSSR count). The van der Waals surface area contributed by atoms with Crippen LogP contribution in [0.15, 0.2) is 24.3 Å². The van der Waals surface area contributed by atoms with Gasteiger partial charge in [0.05, 0.1) is 5.56 Å². The maximum absolute atomic E-state index is 13.4. The average Bonchev–Trinajstić information content (AvgIpc) is 2.68. The minimum Gasteiger partial charge on any atom is -0.352 e. The zero-order valence-corrected chi connectivity index (χ0v) is 12.1. The molecule has 2 amide bonds. The number of nitrogens with one attached hydrogen (secondary N) is 1. The predicted octanol–water partition coefficient (Wildman–Crippen LogP) is 2.35. The van der Waals surface area contributed by atoms with Gasteiger partial charge in [-0.05, 0) is 31.4 Å². The Labute approximate surface area is 124 Å². The van der Waals surface area contributed by atoms with Gasteiger partial charge in [0.2, 0.25) is 5.91 Å². The molecule has 5 heteroatoms. The van der Waals surface area contributed by atoms with E-state index < -0.39 is 11.7 Å².